The summed E-state index contributed by atoms with van der Waals surface area (Å²) in [6.45, 7) is 4.29. The van der Waals surface area contributed by atoms with E-state index in [0.29, 0.717) is 33.8 Å². The van der Waals surface area contributed by atoms with Crippen LogP contribution < -0.4 is 4.90 Å². The number of aryl methyl sites for hydroxylation is 1. The van der Waals surface area contributed by atoms with E-state index < -0.39 is 29.8 Å². The number of aromatic nitrogens is 1. The quantitative estimate of drug-likeness (QED) is 0.207. The molecule has 0 N–H and O–H groups in total. The standard InChI is InChI=1S/C36H34F3N3O6/c1-22-17-25(13-15-29(22)30-10-6-7-11-31(30)36(37,38)39)34(45)42-19-27-14-16-33(41(27)18-26-9-5-8-12-32(26)42)35(46)40(4)20-28(48-24(3)44)21-47-23(2)43/h5-17,28H,18-21H2,1-4H3. The second-order valence-corrected chi connectivity index (χ2v) is 11.6. The number of carbonyl (C=O) groups is 4. The van der Waals surface area contributed by atoms with Crippen molar-refractivity contribution in [2.24, 2.45) is 0 Å². The summed E-state index contributed by atoms with van der Waals surface area (Å²) in [6.07, 6.45) is -5.41. The summed E-state index contributed by atoms with van der Waals surface area (Å²) in [5, 5.41) is 0. The maximum absolute atomic E-state index is 14.1. The molecule has 1 atom stereocenters. The van der Waals surface area contributed by atoms with Gasteiger partial charge in [0.1, 0.15) is 12.3 Å². The Labute approximate surface area is 275 Å². The highest BCUT2D eigenvalue weighted by molar-refractivity contribution is 6.07. The van der Waals surface area contributed by atoms with E-state index >= 15 is 0 Å². The zero-order valence-electron chi connectivity index (χ0n) is 26.8. The number of amides is 2. The van der Waals surface area contributed by atoms with Crippen LogP contribution in [0, 0.1) is 6.92 Å². The number of ether oxygens (including phenoxy) is 2. The first-order valence-corrected chi connectivity index (χ1v) is 15.2. The Morgan fingerprint density at radius 1 is 0.875 bits per heavy atom. The monoisotopic (exact) mass is 661 g/mol. The van der Waals surface area contributed by atoms with Crippen molar-refractivity contribution in [1.82, 2.24) is 9.47 Å². The molecule has 2 heterocycles. The third kappa shape index (κ3) is 7.27. The van der Waals surface area contributed by atoms with Gasteiger partial charge in [0.25, 0.3) is 11.8 Å². The van der Waals surface area contributed by atoms with E-state index in [-0.39, 0.29) is 43.6 Å². The van der Waals surface area contributed by atoms with Crippen LogP contribution >= 0.6 is 0 Å². The van der Waals surface area contributed by atoms with Crippen molar-refractivity contribution >= 4 is 29.4 Å². The zero-order valence-corrected chi connectivity index (χ0v) is 26.8. The highest BCUT2D eigenvalue weighted by Crippen LogP contribution is 2.38. The summed E-state index contributed by atoms with van der Waals surface area (Å²) >= 11 is 0. The number of benzene rings is 3. The molecule has 250 valence electrons. The molecule has 1 aromatic heterocycles. The molecule has 0 fully saturated rings. The zero-order chi connectivity index (χ0) is 34.7. The summed E-state index contributed by atoms with van der Waals surface area (Å²) in [7, 11) is 1.55. The van der Waals surface area contributed by atoms with Crippen molar-refractivity contribution in [2.45, 2.75) is 46.1 Å². The van der Waals surface area contributed by atoms with E-state index in [0.717, 1.165) is 11.6 Å². The van der Waals surface area contributed by atoms with Crippen LogP contribution in [0.25, 0.3) is 11.1 Å². The number of fused-ring (bicyclic) bond motifs is 2. The Kier molecular flexibility index (Phi) is 9.74. The summed E-state index contributed by atoms with van der Waals surface area (Å²) in [4.78, 5) is 53.7. The lowest BCUT2D eigenvalue weighted by atomic mass is 9.94. The Morgan fingerprint density at radius 2 is 1.58 bits per heavy atom. The maximum atomic E-state index is 14.1. The Balaban J connectivity index is 1.43. The van der Waals surface area contributed by atoms with Crippen LogP contribution in [0.2, 0.25) is 0 Å². The number of para-hydroxylation sites is 1. The molecule has 1 aliphatic rings. The van der Waals surface area contributed by atoms with E-state index in [2.05, 4.69) is 0 Å². The van der Waals surface area contributed by atoms with Crippen molar-refractivity contribution in [3.63, 3.8) is 0 Å². The van der Waals surface area contributed by atoms with E-state index in [1.807, 2.05) is 22.8 Å². The van der Waals surface area contributed by atoms with Crippen LogP contribution in [-0.4, -0.2) is 59.5 Å². The van der Waals surface area contributed by atoms with Crippen molar-refractivity contribution in [2.75, 3.05) is 25.1 Å². The molecule has 0 aliphatic carbocycles. The lowest BCUT2D eigenvalue weighted by Crippen LogP contribution is -2.39. The van der Waals surface area contributed by atoms with Crippen molar-refractivity contribution < 1.29 is 41.8 Å². The molecule has 0 spiro atoms. The van der Waals surface area contributed by atoms with Crippen LogP contribution in [-0.2, 0) is 38.3 Å². The van der Waals surface area contributed by atoms with E-state index in [9.17, 15) is 32.3 Å². The fourth-order valence-electron chi connectivity index (χ4n) is 5.90. The average Bonchev–Trinajstić information content (AvgIpc) is 3.34. The van der Waals surface area contributed by atoms with E-state index in [1.54, 1.807) is 49.2 Å². The molecule has 2 amide bonds. The first kappa shape index (κ1) is 34.0. The first-order valence-electron chi connectivity index (χ1n) is 15.2. The molecule has 0 saturated carbocycles. The number of alkyl halides is 3. The number of hydrogen-bond donors (Lipinski definition) is 0. The fraction of sp³-hybridized carbons (Fsp3) is 0.278. The molecule has 0 bridgehead atoms. The van der Waals surface area contributed by atoms with Crippen LogP contribution in [0.4, 0.5) is 18.9 Å². The number of esters is 2. The average molecular weight is 662 g/mol. The van der Waals surface area contributed by atoms with Crippen LogP contribution in [0.1, 0.15) is 57.1 Å². The normalized spacial score (nSPS) is 13.1. The van der Waals surface area contributed by atoms with Gasteiger partial charge in [-0.3, -0.25) is 19.2 Å². The highest BCUT2D eigenvalue weighted by Gasteiger charge is 2.34. The van der Waals surface area contributed by atoms with Gasteiger partial charge in [-0.1, -0.05) is 42.5 Å². The third-order valence-corrected chi connectivity index (χ3v) is 8.09. The molecule has 1 unspecified atom stereocenters. The van der Waals surface area contributed by atoms with Gasteiger partial charge >= 0.3 is 18.1 Å². The van der Waals surface area contributed by atoms with Gasteiger partial charge < -0.3 is 23.8 Å². The Bertz CT molecular complexity index is 1880. The maximum Gasteiger partial charge on any atom is 0.417 e. The van der Waals surface area contributed by atoms with Crippen LogP contribution in [0.15, 0.2) is 78.9 Å². The number of likely N-dealkylation sites (N-methyl/N-ethyl adjacent to an activating group) is 1. The lowest BCUT2D eigenvalue weighted by molar-refractivity contribution is -0.156. The number of hydrogen-bond acceptors (Lipinski definition) is 6. The second-order valence-electron chi connectivity index (χ2n) is 11.6. The van der Waals surface area contributed by atoms with Crippen LogP contribution in [0.3, 0.4) is 0 Å². The number of nitrogens with zero attached hydrogens (tertiary/aromatic N) is 3. The number of halogens is 3. The molecule has 1 aliphatic heterocycles. The fourth-order valence-corrected chi connectivity index (χ4v) is 5.90. The van der Waals surface area contributed by atoms with Gasteiger partial charge in [-0.15, -0.1) is 0 Å². The second kappa shape index (κ2) is 13.8. The third-order valence-electron chi connectivity index (χ3n) is 8.09. The molecule has 48 heavy (non-hydrogen) atoms. The van der Waals surface area contributed by atoms with Crippen molar-refractivity contribution in [3.05, 3.63) is 113 Å². The highest BCUT2D eigenvalue weighted by atomic mass is 19.4. The summed E-state index contributed by atoms with van der Waals surface area (Å²) in [5.74, 6) is -1.85. The minimum absolute atomic E-state index is 0.0316. The SMILES string of the molecule is CC(=O)OCC(CN(C)C(=O)c1ccc2n1Cc1ccccc1N(C(=O)c1ccc(-c3ccccc3C(F)(F)F)c(C)c1)C2)OC(C)=O. The number of rotatable bonds is 8. The largest absolute Gasteiger partial charge is 0.462 e. The number of carbonyl (C=O) groups excluding carboxylic acids is 4. The van der Waals surface area contributed by atoms with Gasteiger partial charge in [-0.25, -0.2) is 0 Å². The minimum atomic E-state index is -4.54. The Morgan fingerprint density at radius 3 is 2.27 bits per heavy atom. The molecule has 3 aromatic carbocycles. The number of anilines is 1. The van der Waals surface area contributed by atoms with E-state index in [1.165, 1.54) is 43.0 Å². The molecule has 0 radical (unpaired) electrons. The smallest absolute Gasteiger partial charge is 0.417 e. The van der Waals surface area contributed by atoms with Gasteiger partial charge in [0, 0.05) is 37.8 Å². The van der Waals surface area contributed by atoms with Gasteiger partial charge in [-0.2, -0.15) is 13.2 Å². The molecule has 4 aromatic rings. The van der Waals surface area contributed by atoms with Crippen LogP contribution in [0.5, 0.6) is 0 Å². The molecule has 5 rings (SSSR count). The van der Waals surface area contributed by atoms with Gasteiger partial charge in [0.15, 0.2) is 6.10 Å². The first-order chi connectivity index (χ1) is 22.7. The predicted octanol–water partition coefficient (Wildman–Crippen LogP) is 6.26. The molecular formula is C36H34F3N3O6. The molecular weight excluding hydrogens is 627 g/mol. The topological polar surface area (TPSA) is 98.2 Å². The van der Waals surface area contributed by atoms with Gasteiger partial charge in [-0.05, 0) is 65.6 Å². The lowest BCUT2D eigenvalue weighted by Gasteiger charge is -2.24. The Hall–Kier alpha value is -5.39. The molecule has 9 nitrogen and oxygen atoms in total. The van der Waals surface area contributed by atoms with E-state index in [4.69, 9.17) is 9.47 Å². The van der Waals surface area contributed by atoms with Gasteiger partial charge in [0.2, 0.25) is 0 Å². The van der Waals surface area contributed by atoms with Crippen molar-refractivity contribution in [1.29, 1.82) is 0 Å². The minimum Gasteiger partial charge on any atom is -0.462 e. The molecule has 12 heteroatoms. The summed E-state index contributed by atoms with van der Waals surface area (Å²) in [6, 6.07) is 20.7. The van der Waals surface area contributed by atoms with Gasteiger partial charge in [0.05, 0.1) is 25.2 Å². The molecule has 0 saturated heterocycles. The van der Waals surface area contributed by atoms with Crippen molar-refractivity contribution in [3.8, 4) is 11.1 Å². The predicted molar refractivity (Wildman–Crippen MR) is 171 cm³/mol. The summed E-state index contributed by atoms with van der Waals surface area (Å²) in [5.41, 5.74) is 2.91. The summed E-state index contributed by atoms with van der Waals surface area (Å²) < 4.78 is 53.3.